The molecule has 2 amide bonds. The predicted molar refractivity (Wildman–Crippen MR) is 125 cm³/mol. The molecular weight excluding hydrogens is 418 g/mol. The molecule has 7 heteroatoms. The SMILES string of the molecule is COc1ccc(-c2ccccc2CC2CN(C(=O)c3cc(C(C)C)no3)CCNC2=O)cc1. The summed E-state index contributed by atoms with van der Waals surface area (Å²) in [5.41, 5.74) is 3.91. The lowest BCUT2D eigenvalue weighted by molar-refractivity contribution is -0.124. The highest BCUT2D eigenvalue weighted by Gasteiger charge is 2.30. The number of amides is 2. The van der Waals surface area contributed by atoms with Crippen molar-refractivity contribution in [2.24, 2.45) is 5.92 Å². The zero-order valence-corrected chi connectivity index (χ0v) is 19.2. The van der Waals surface area contributed by atoms with E-state index in [0.717, 1.165) is 28.1 Å². The van der Waals surface area contributed by atoms with Crippen LogP contribution in [-0.2, 0) is 11.2 Å². The van der Waals surface area contributed by atoms with E-state index < -0.39 is 0 Å². The van der Waals surface area contributed by atoms with Gasteiger partial charge < -0.3 is 19.5 Å². The van der Waals surface area contributed by atoms with E-state index in [4.69, 9.17) is 9.26 Å². The van der Waals surface area contributed by atoms with Crippen LogP contribution in [0.25, 0.3) is 11.1 Å². The average molecular weight is 448 g/mol. The molecular formula is C26H29N3O4. The molecule has 2 heterocycles. The van der Waals surface area contributed by atoms with Gasteiger partial charge in [0.15, 0.2) is 0 Å². The Bertz CT molecular complexity index is 1120. The topological polar surface area (TPSA) is 84.7 Å². The fourth-order valence-electron chi connectivity index (χ4n) is 4.07. The summed E-state index contributed by atoms with van der Waals surface area (Å²) in [4.78, 5) is 27.6. The van der Waals surface area contributed by atoms with E-state index in [9.17, 15) is 9.59 Å². The van der Waals surface area contributed by atoms with Crippen LogP contribution in [0.2, 0.25) is 0 Å². The first-order chi connectivity index (χ1) is 16.0. The van der Waals surface area contributed by atoms with Crippen LogP contribution in [0.3, 0.4) is 0 Å². The Morgan fingerprint density at radius 1 is 1.21 bits per heavy atom. The van der Waals surface area contributed by atoms with Crippen LogP contribution < -0.4 is 10.1 Å². The van der Waals surface area contributed by atoms with Crippen molar-refractivity contribution < 1.29 is 18.8 Å². The van der Waals surface area contributed by atoms with E-state index in [-0.39, 0.29) is 29.4 Å². The largest absolute Gasteiger partial charge is 0.497 e. The fraction of sp³-hybridized carbons (Fsp3) is 0.346. The van der Waals surface area contributed by atoms with Crippen molar-refractivity contribution in [2.45, 2.75) is 26.2 Å². The Labute approximate surface area is 193 Å². The molecule has 172 valence electrons. The third-order valence-electron chi connectivity index (χ3n) is 6.00. The van der Waals surface area contributed by atoms with Crippen LogP contribution in [0, 0.1) is 5.92 Å². The summed E-state index contributed by atoms with van der Waals surface area (Å²) < 4.78 is 10.6. The molecule has 1 aliphatic heterocycles. The molecule has 1 unspecified atom stereocenters. The van der Waals surface area contributed by atoms with Crippen LogP contribution in [0.5, 0.6) is 5.75 Å². The minimum absolute atomic E-state index is 0.0460. The van der Waals surface area contributed by atoms with Gasteiger partial charge >= 0.3 is 0 Å². The van der Waals surface area contributed by atoms with Gasteiger partial charge in [0.2, 0.25) is 11.7 Å². The first-order valence-corrected chi connectivity index (χ1v) is 11.2. The highest BCUT2D eigenvalue weighted by atomic mass is 16.5. The van der Waals surface area contributed by atoms with Gasteiger partial charge in [-0.05, 0) is 41.2 Å². The number of nitrogens with one attached hydrogen (secondary N) is 1. The Balaban J connectivity index is 1.55. The van der Waals surface area contributed by atoms with Crippen molar-refractivity contribution in [3.05, 3.63) is 71.6 Å². The first-order valence-electron chi connectivity index (χ1n) is 11.2. The monoisotopic (exact) mass is 447 g/mol. The number of aromatic nitrogens is 1. The third kappa shape index (κ3) is 5.08. The quantitative estimate of drug-likeness (QED) is 0.619. The van der Waals surface area contributed by atoms with E-state index in [0.29, 0.717) is 26.1 Å². The van der Waals surface area contributed by atoms with Crippen molar-refractivity contribution >= 4 is 11.8 Å². The first kappa shape index (κ1) is 22.6. The molecule has 1 fully saturated rings. The molecule has 0 spiro atoms. The highest BCUT2D eigenvalue weighted by Crippen LogP contribution is 2.28. The summed E-state index contributed by atoms with van der Waals surface area (Å²) in [5.74, 6) is 0.523. The third-order valence-corrected chi connectivity index (χ3v) is 6.00. The van der Waals surface area contributed by atoms with Gasteiger partial charge in [0, 0.05) is 25.7 Å². The number of ether oxygens (including phenoxy) is 1. The maximum Gasteiger partial charge on any atom is 0.292 e. The van der Waals surface area contributed by atoms with E-state index >= 15 is 0 Å². The van der Waals surface area contributed by atoms with Gasteiger partial charge in [0.25, 0.3) is 5.91 Å². The number of methoxy groups -OCH3 is 1. The zero-order chi connectivity index (χ0) is 23.4. The Morgan fingerprint density at radius 2 is 1.97 bits per heavy atom. The lowest BCUT2D eigenvalue weighted by atomic mass is 9.91. The molecule has 0 radical (unpaired) electrons. The number of carbonyl (C=O) groups is 2. The van der Waals surface area contributed by atoms with Crippen molar-refractivity contribution in [3.63, 3.8) is 0 Å². The predicted octanol–water partition coefficient (Wildman–Crippen LogP) is 3.90. The number of hydrogen-bond acceptors (Lipinski definition) is 5. The molecule has 0 bridgehead atoms. The number of hydrogen-bond donors (Lipinski definition) is 1. The summed E-state index contributed by atoms with van der Waals surface area (Å²) in [5, 5.41) is 6.95. The molecule has 7 nitrogen and oxygen atoms in total. The van der Waals surface area contributed by atoms with E-state index in [1.54, 1.807) is 18.1 Å². The number of benzene rings is 2. The standard InChI is InChI=1S/C26H29N3O4/c1-17(2)23-15-24(33-28-23)26(31)29-13-12-27-25(30)20(16-29)14-19-6-4-5-7-22(19)18-8-10-21(32-3)11-9-18/h4-11,15,17,20H,12-14,16H2,1-3H3,(H,27,30). The number of carbonyl (C=O) groups excluding carboxylic acids is 2. The second kappa shape index (κ2) is 9.90. The molecule has 4 rings (SSSR count). The van der Waals surface area contributed by atoms with Crippen molar-refractivity contribution in [1.29, 1.82) is 0 Å². The summed E-state index contributed by atoms with van der Waals surface area (Å²) in [6, 6.07) is 17.6. The van der Waals surface area contributed by atoms with Crippen LogP contribution in [0.1, 0.15) is 41.6 Å². The van der Waals surface area contributed by atoms with Gasteiger partial charge in [-0.3, -0.25) is 9.59 Å². The molecule has 33 heavy (non-hydrogen) atoms. The summed E-state index contributed by atoms with van der Waals surface area (Å²) in [6.45, 7) is 5.15. The fourth-order valence-corrected chi connectivity index (χ4v) is 4.07. The number of rotatable bonds is 6. The maximum absolute atomic E-state index is 13.1. The number of nitrogens with zero attached hydrogens (tertiary/aromatic N) is 2. The summed E-state index contributed by atoms with van der Waals surface area (Å²) in [7, 11) is 1.64. The second-order valence-electron chi connectivity index (χ2n) is 8.60. The van der Waals surface area contributed by atoms with E-state index in [1.807, 2.05) is 56.3 Å². The second-order valence-corrected chi connectivity index (χ2v) is 8.60. The van der Waals surface area contributed by atoms with Crippen LogP contribution >= 0.6 is 0 Å². The van der Waals surface area contributed by atoms with E-state index in [1.165, 1.54) is 0 Å². The Hall–Kier alpha value is -3.61. The summed E-state index contributed by atoms with van der Waals surface area (Å²) >= 11 is 0. The highest BCUT2D eigenvalue weighted by molar-refractivity contribution is 5.92. The molecule has 2 aromatic carbocycles. The van der Waals surface area contributed by atoms with Crippen LogP contribution in [0.4, 0.5) is 0 Å². The normalized spacial score (nSPS) is 16.4. The van der Waals surface area contributed by atoms with Crippen molar-refractivity contribution in [1.82, 2.24) is 15.4 Å². The van der Waals surface area contributed by atoms with Gasteiger partial charge in [-0.2, -0.15) is 0 Å². The van der Waals surface area contributed by atoms with Gasteiger partial charge in [-0.15, -0.1) is 0 Å². The molecule has 1 aromatic heterocycles. The lowest BCUT2D eigenvalue weighted by Gasteiger charge is -2.22. The molecule has 1 atom stereocenters. The molecule has 1 N–H and O–H groups in total. The molecule has 0 aliphatic carbocycles. The smallest absolute Gasteiger partial charge is 0.292 e. The van der Waals surface area contributed by atoms with Crippen molar-refractivity contribution in [3.8, 4) is 16.9 Å². The Morgan fingerprint density at radius 3 is 2.67 bits per heavy atom. The van der Waals surface area contributed by atoms with Gasteiger partial charge in [-0.1, -0.05) is 55.4 Å². The molecule has 1 aliphatic rings. The minimum atomic E-state index is -0.372. The van der Waals surface area contributed by atoms with Crippen LogP contribution in [-0.4, -0.2) is 48.6 Å². The molecule has 1 saturated heterocycles. The maximum atomic E-state index is 13.1. The van der Waals surface area contributed by atoms with Gasteiger partial charge in [-0.25, -0.2) is 0 Å². The van der Waals surface area contributed by atoms with Crippen LogP contribution in [0.15, 0.2) is 59.1 Å². The zero-order valence-electron chi connectivity index (χ0n) is 19.2. The van der Waals surface area contributed by atoms with Gasteiger partial charge in [0.05, 0.1) is 18.7 Å². The molecule has 3 aromatic rings. The molecule has 0 saturated carbocycles. The van der Waals surface area contributed by atoms with Gasteiger partial charge in [0.1, 0.15) is 5.75 Å². The minimum Gasteiger partial charge on any atom is -0.497 e. The summed E-state index contributed by atoms with van der Waals surface area (Å²) in [6.07, 6.45) is 0.519. The average Bonchev–Trinajstić information content (AvgIpc) is 3.26. The van der Waals surface area contributed by atoms with E-state index in [2.05, 4.69) is 16.5 Å². The Kier molecular flexibility index (Phi) is 6.77. The van der Waals surface area contributed by atoms with Crippen molar-refractivity contribution in [2.75, 3.05) is 26.7 Å². The lowest BCUT2D eigenvalue weighted by Crippen LogP contribution is -2.37.